The van der Waals surface area contributed by atoms with E-state index in [0.717, 1.165) is 32.1 Å². The summed E-state index contributed by atoms with van der Waals surface area (Å²) >= 11 is 0. The van der Waals surface area contributed by atoms with Crippen LogP contribution in [0.4, 0.5) is 0 Å². The molecule has 4 N–H and O–H groups in total. The van der Waals surface area contributed by atoms with Crippen molar-refractivity contribution in [3.63, 3.8) is 0 Å². The molecule has 0 aliphatic carbocycles. The van der Waals surface area contributed by atoms with E-state index in [1.165, 1.54) is 161 Å². The summed E-state index contributed by atoms with van der Waals surface area (Å²) in [4.78, 5) is 12.8. The maximum Gasteiger partial charge on any atom is 0.306 e. The van der Waals surface area contributed by atoms with Crippen LogP contribution in [0.1, 0.15) is 213 Å². The number of carbonyl (C=O) groups is 1. The highest BCUT2D eigenvalue weighted by molar-refractivity contribution is 5.69. The van der Waals surface area contributed by atoms with Gasteiger partial charge < -0.3 is 39.4 Å². The number of hydrogen-bond acceptors (Lipinski definition) is 9. The third kappa shape index (κ3) is 29.8. The first-order valence-corrected chi connectivity index (χ1v) is 23.3. The second-order valence-electron chi connectivity index (χ2n) is 16.2. The van der Waals surface area contributed by atoms with Crippen LogP contribution in [-0.4, -0.2) is 89.6 Å². The van der Waals surface area contributed by atoms with Gasteiger partial charge in [-0.25, -0.2) is 0 Å². The van der Waals surface area contributed by atoms with Gasteiger partial charge in [-0.15, -0.1) is 0 Å². The van der Waals surface area contributed by atoms with Gasteiger partial charge in [0.05, 0.1) is 19.8 Å². The summed E-state index contributed by atoms with van der Waals surface area (Å²) in [6.07, 6.45) is 35.2. The first-order valence-electron chi connectivity index (χ1n) is 23.3. The molecular formula is C46H88O9. The van der Waals surface area contributed by atoms with Crippen molar-refractivity contribution in [2.24, 2.45) is 0 Å². The molecule has 0 aromatic heterocycles. The first-order chi connectivity index (χ1) is 26.9. The smallest absolute Gasteiger partial charge is 0.306 e. The van der Waals surface area contributed by atoms with Crippen LogP contribution < -0.4 is 0 Å². The number of hydrogen-bond donors (Lipinski definition) is 4. The van der Waals surface area contributed by atoms with Crippen molar-refractivity contribution in [2.75, 3.05) is 26.4 Å². The molecule has 1 saturated heterocycles. The minimum atomic E-state index is -1.53. The summed E-state index contributed by atoms with van der Waals surface area (Å²) in [6, 6.07) is 0. The molecule has 1 fully saturated rings. The van der Waals surface area contributed by atoms with Crippen LogP contribution in [0.2, 0.25) is 0 Å². The first kappa shape index (κ1) is 51.9. The normalized spacial score (nSPS) is 20.7. The molecule has 6 atom stereocenters. The number of unbranched alkanes of at least 4 members (excludes halogenated alkanes) is 27. The molecule has 0 bridgehead atoms. The number of aliphatic hydroxyl groups is 4. The van der Waals surface area contributed by atoms with Gasteiger partial charge in [-0.1, -0.05) is 180 Å². The third-order valence-electron chi connectivity index (χ3n) is 10.9. The van der Waals surface area contributed by atoms with Gasteiger partial charge in [0.15, 0.2) is 6.29 Å². The van der Waals surface area contributed by atoms with Crippen LogP contribution >= 0.6 is 0 Å². The van der Waals surface area contributed by atoms with Crippen LogP contribution in [0.5, 0.6) is 0 Å². The molecule has 0 spiro atoms. The molecule has 1 aliphatic heterocycles. The molecule has 9 nitrogen and oxygen atoms in total. The van der Waals surface area contributed by atoms with Gasteiger partial charge in [0, 0.05) is 13.0 Å². The second kappa shape index (κ2) is 38.4. The molecule has 0 aromatic rings. The fourth-order valence-corrected chi connectivity index (χ4v) is 7.25. The van der Waals surface area contributed by atoms with E-state index in [9.17, 15) is 25.2 Å². The Kier molecular flexibility index (Phi) is 36.3. The molecule has 6 unspecified atom stereocenters. The third-order valence-corrected chi connectivity index (χ3v) is 10.9. The van der Waals surface area contributed by atoms with Gasteiger partial charge in [0.25, 0.3) is 0 Å². The van der Waals surface area contributed by atoms with Gasteiger partial charge in [-0.2, -0.15) is 0 Å². The van der Waals surface area contributed by atoms with E-state index in [2.05, 4.69) is 26.0 Å². The van der Waals surface area contributed by atoms with Crippen LogP contribution in [0.25, 0.3) is 0 Å². The van der Waals surface area contributed by atoms with Crippen molar-refractivity contribution in [1.82, 2.24) is 0 Å². The van der Waals surface area contributed by atoms with E-state index in [1.807, 2.05) is 0 Å². The Morgan fingerprint density at radius 1 is 0.564 bits per heavy atom. The lowest BCUT2D eigenvalue weighted by molar-refractivity contribution is -0.305. The predicted molar refractivity (Wildman–Crippen MR) is 224 cm³/mol. The molecule has 55 heavy (non-hydrogen) atoms. The minimum Gasteiger partial charge on any atom is -0.457 e. The average molecular weight is 785 g/mol. The number of ether oxygens (including phenoxy) is 4. The van der Waals surface area contributed by atoms with E-state index in [1.54, 1.807) is 0 Å². The van der Waals surface area contributed by atoms with Gasteiger partial charge in [0.1, 0.15) is 30.5 Å². The Morgan fingerprint density at radius 2 is 1.00 bits per heavy atom. The van der Waals surface area contributed by atoms with Gasteiger partial charge >= 0.3 is 5.97 Å². The largest absolute Gasteiger partial charge is 0.457 e. The molecule has 326 valence electrons. The fraction of sp³-hybridized carbons (Fsp3) is 0.935. The van der Waals surface area contributed by atoms with Crippen LogP contribution in [0.15, 0.2) is 12.2 Å². The van der Waals surface area contributed by atoms with E-state index in [-0.39, 0.29) is 19.2 Å². The Bertz CT molecular complexity index is 853. The van der Waals surface area contributed by atoms with Gasteiger partial charge in [-0.3, -0.25) is 4.79 Å². The zero-order chi connectivity index (χ0) is 40.0. The quantitative estimate of drug-likeness (QED) is 0.0272. The predicted octanol–water partition coefficient (Wildman–Crippen LogP) is 10.4. The van der Waals surface area contributed by atoms with Crippen molar-refractivity contribution < 1.29 is 44.2 Å². The lowest BCUT2D eigenvalue weighted by Gasteiger charge is -2.39. The van der Waals surface area contributed by atoms with E-state index < -0.39 is 43.4 Å². The Labute approximate surface area is 337 Å². The van der Waals surface area contributed by atoms with Crippen molar-refractivity contribution >= 4 is 5.97 Å². The molecule has 1 rings (SSSR count). The summed E-state index contributed by atoms with van der Waals surface area (Å²) in [5.74, 6) is -0.311. The number of aliphatic hydroxyl groups excluding tert-OH is 4. The number of carbonyl (C=O) groups excluding carboxylic acids is 1. The Hall–Kier alpha value is -1.07. The van der Waals surface area contributed by atoms with Crippen molar-refractivity contribution in [3.05, 3.63) is 12.2 Å². The van der Waals surface area contributed by atoms with Crippen LogP contribution in [-0.2, 0) is 23.7 Å². The SMILES string of the molecule is CCCCCCCCC/C=C\CCCCCCCCCCOCC(COC1OC(CO)C(O)C(O)C1O)OC(=O)CCCCCCCCCCCCCCC. The average Bonchev–Trinajstić information content (AvgIpc) is 3.18. The maximum absolute atomic E-state index is 12.8. The van der Waals surface area contributed by atoms with Crippen LogP contribution in [0.3, 0.4) is 0 Å². The van der Waals surface area contributed by atoms with E-state index in [4.69, 9.17) is 18.9 Å². The molecular weight excluding hydrogens is 696 g/mol. The summed E-state index contributed by atoms with van der Waals surface area (Å²) in [6.45, 7) is 4.58. The van der Waals surface area contributed by atoms with E-state index >= 15 is 0 Å². The zero-order valence-corrected chi connectivity index (χ0v) is 35.7. The summed E-state index contributed by atoms with van der Waals surface area (Å²) < 4.78 is 22.8. The molecule has 0 aromatic carbocycles. The standard InChI is InChI=1S/C46H88O9/c1-3-5-7-9-11-13-15-17-18-19-20-21-22-24-26-28-30-32-34-36-52-38-40(39-53-46-45(51)44(50)43(49)41(37-47)55-46)54-42(48)35-33-31-29-27-25-23-16-14-12-10-8-6-4-2/h18-19,40-41,43-47,49-51H,3-17,20-39H2,1-2H3/b19-18-. The summed E-state index contributed by atoms with van der Waals surface area (Å²) in [7, 11) is 0. The van der Waals surface area contributed by atoms with Crippen LogP contribution in [0, 0.1) is 0 Å². The fourth-order valence-electron chi connectivity index (χ4n) is 7.25. The van der Waals surface area contributed by atoms with Gasteiger partial charge in [0.2, 0.25) is 0 Å². The molecule has 0 amide bonds. The zero-order valence-electron chi connectivity index (χ0n) is 35.7. The highest BCUT2D eigenvalue weighted by Gasteiger charge is 2.44. The summed E-state index contributed by atoms with van der Waals surface area (Å²) in [5.41, 5.74) is 0. The highest BCUT2D eigenvalue weighted by Crippen LogP contribution is 2.23. The Morgan fingerprint density at radius 3 is 1.47 bits per heavy atom. The molecule has 0 saturated carbocycles. The van der Waals surface area contributed by atoms with Gasteiger partial charge in [-0.05, 0) is 38.5 Å². The molecule has 9 heteroatoms. The van der Waals surface area contributed by atoms with Crippen molar-refractivity contribution in [1.29, 1.82) is 0 Å². The number of rotatable bonds is 40. The topological polar surface area (TPSA) is 135 Å². The Balaban J connectivity index is 2.23. The number of esters is 1. The minimum absolute atomic E-state index is 0.109. The molecule has 1 aliphatic rings. The molecule has 0 radical (unpaired) electrons. The lowest BCUT2D eigenvalue weighted by Crippen LogP contribution is -2.59. The van der Waals surface area contributed by atoms with E-state index in [0.29, 0.717) is 13.0 Å². The number of allylic oxidation sites excluding steroid dienone is 2. The summed E-state index contributed by atoms with van der Waals surface area (Å²) in [5, 5.41) is 40.1. The second-order valence-corrected chi connectivity index (χ2v) is 16.2. The monoisotopic (exact) mass is 785 g/mol. The van der Waals surface area contributed by atoms with Crippen molar-refractivity contribution in [3.8, 4) is 0 Å². The van der Waals surface area contributed by atoms with Crippen molar-refractivity contribution in [2.45, 2.75) is 250 Å². The maximum atomic E-state index is 12.8. The molecule has 1 heterocycles. The lowest BCUT2D eigenvalue weighted by atomic mass is 9.99. The highest BCUT2D eigenvalue weighted by atomic mass is 16.7.